The van der Waals surface area contributed by atoms with Crippen molar-refractivity contribution in [2.24, 2.45) is 0 Å². The van der Waals surface area contributed by atoms with Crippen LogP contribution in [0.4, 0.5) is 0 Å². The summed E-state index contributed by atoms with van der Waals surface area (Å²) in [6.07, 6.45) is 0. The quantitative estimate of drug-likeness (QED) is 0.817. The van der Waals surface area contributed by atoms with Crippen LogP contribution in [0, 0.1) is 0 Å². The number of rotatable bonds is 2. The zero-order valence-electron chi connectivity index (χ0n) is 8.61. The molecule has 2 rings (SSSR count). The second kappa shape index (κ2) is 4.95. The Morgan fingerprint density at radius 3 is 3.13 bits per heavy atom. The molecule has 0 radical (unpaired) electrons. The summed E-state index contributed by atoms with van der Waals surface area (Å²) in [6, 6.07) is 1.94. The summed E-state index contributed by atoms with van der Waals surface area (Å²) in [7, 11) is -0.631. The van der Waals surface area contributed by atoms with E-state index in [2.05, 4.69) is 11.8 Å². The molecule has 1 aliphatic rings. The molecule has 1 aromatic heterocycles. The fraction of sp³-hybridized carbons (Fsp3) is 0.600. The first-order valence-electron chi connectivity index (χ1n) is 4.98. The molecular formula is C10H14ClNOS2. The van der Waals surface area contributed by atoms with Gasteiger partial charge in [-0.3, -0.25) is 9.11 Å². The maximum absolute atomic E-state index is 11.5. The lowest BCUT2D eigenvalue weighted by Crippen LogP contribution is -2.42. The minimum absolute atomic E-state index is 0.289. The van der Waals surface area contributed by atoms with E-state index in [9.17, 15) is 4.21 Å². The normalized spacial score (nSPS) is 28.1. The Morgan fingerprint density at radius 2 is 2.53 bits per heavy atom. The van der Waals surface area contributed by atoms with Crippen molar-refractivity contribution < 1.29 is 4.21 Å². The van der Waals surface area contributed by atoms with Crippen molar-refractivity contribution in [3.63, 3.8) is 0 Å². The zero-order valence-corrected chi connectivity index (χ0v) is 11.0. The molecule has 0 N–H and O–H groups in total. The molecule has 1 aliphatic heterocycles. The Hall–Kier alpha value is 0.1000. The van der Waals surface area contributed by atoms with Crippen LogP contribution in [0.15, 0.2) is 11.4 Å². The lowest BCUT2D eigenvalue weighted by Gasteiger charge is -2.29. The molecule has 1 aromatic rings. The van der Waals surface area contributed by atoms with Crippen molar-refractivity contribution >= 4 is 33.7 Å². The van der Waals surface area contributed by atoms with Gasteiger partial charge >= 0.3 is 0 Å². The zero-order chi connectivity index (χ0) is 10.8. The SMILES string of the molecule is C[C@@H]1CN(Cc2sccc2Cl)CC[S@@]1=O. The predicted molar refractivity (Wildman–Crippen MR) is 67.1 cm³/mol. The number of hydrogen-bond donors (Lipinski definition) is 0. The Kier molecular flexibility index (Phi) is 3.83. The number of halogens is 1. The van der Waals surface area contributed by atoms with Gasteiger partial charge in [0, 0.05) is 46.3 Å². The minimum Gasteiger partial charge on any atom is -0.296 e. The average Bonchev–Trinajstić information content (AvgIpc) is 2.59. The molecule has 2 nitrogen and oxygen atoms in total. The first kappa shape index (κ1) is 11.6. The van der Waals surface area contributed by atoms with Crippen molar-refractivity contribution in [2.75, 3.05) is 18.8 Å². The second-order valence-electron chi connectivity index (χ2n) is 3.82. The van der Waals surface area contributed by atoms with Crippen LogP contribution in [0.2, 0.25) is 5.02 Å². The first-order valence-corrected chi connectivity index (χ1v) is 7.62. The topological polar surface area (TPSA) is 20.3 Å². The fourth-order valence-electron chi connectivity index (χ4n) is 1.74. The highest BCUT2D eigenvalue weighted by Crippen LogP contribution is 2.24. The molecule has 0 bridgehead atoms. The molecule has 1 fully saturated rings. The van der Waals surface area contributed by atoms with Gasteiger partial charge in [0.05, 0.1) is 5.02 Å². The van der Waals surface area contributed by atoms with E-state index < -0.39 is 10.8 Å². The molecule has 0 saturated carbocycles. The van der Waals surface area contributed by atoms with Gasteiger partial charge in [0.25, 0.3) is 0 Å². The molecule has 0 amide bonds. The van der Waals surface area contributed by atoms with Gasteiger partial charge in [0.2, 0.25) is 0 Å². The van der Waals surface area contributed by atoms with Gasteiger partial charge < -0.3 is 0 Å². The van der Waals surface area contributed by atoms with Gasteiger partial charge in [-0.1, -0.05) is 11.6 Å². The van der Waals surface area contributed by atoms with Crippen molar-refractivity contribution in [1.82, 2.24) is 4.90 Å². The minimum atomic E-state index is -0.631. The third-order valence-corrected chi connectivity index (χ3v) is 5.63. The highest BCUT2D eigenvalue weighted by Gasteiger charge is 2.22. The third kappa shape index (κ3) is 2.81. The first-order chi connectivity index (χ1) is 7.16. The van der Waals surface area contributed by atoms with Crippen LogP contribution < -0.4 is 0 Å². The molecule has 1 saturated heterocycles. The summed E-state index contributed by atoms with van der Waals surface area (Å²) in [6.45, 7) is 4.79. The smallest absolute Gasteiger partial charge is 0.0558 e. The van der Waals surface area contributed by atoms with Crippen molar-refractivity contribution in [1.29, 1.82) is 0 Å². The maximum Gasteiger partial charge on any atom is 0.0558 e. The van der Waals surface area contributed by atoms with Crippen LogP contribution >= 0.6 is 22.9 Å². The molecule has 2 atom stereocenters. The average molecular weight is 264 g/mol. The van der Waals surface area contributed by atoms with Crippen LogP contribution in [-0.2, 0) is 17.3 Å². The summed E-state index contributed by atoms with van der Waals surface area (Å²) in [5.74, 6) is 0.796. The molecule has 0 unspecified atom stereocenters. The van der Waals surface area contributed by atoms with E-state index in [1.165, 1.54) is 4.88 Å². The number of nitrogens with zero attached hydrogens (tertiary/aromatic N) is 1. The van der Waals surface area contributed by atoms with Gasteiger partial charge in [-0.2, -0.15) is 0 Å². The molecule has 0 aromatic carbocycles. The van der Waals surface area contributed by atoms with Gasteiger partial charge in [-0.05, 0) is 18.4 Å². The summed E-state index contributed by atoms with van der Waals surface area (Å²) < 4.78 is 11.5. The van der Waals surface area contributed by atoms with Gasteiger partial charge in [0.1, 0.15) is 0 Å². The van der Waals surface area contributed by atoms with Gasteiger partial charge in [-0.25, -0.2) is 0 Å². The van der Waals surface area contributed by atoms with E-state index in [-0.39, 0.29) is 5.25 Å². The fourth-order valence-corrected chi connectivity index (χ4v) is 4.10. The summed E-state index contributed by atoms with van der Waals surface area (Å²) in [5, 5.41) is 3.17. The lowest BCUT2D eigenvalue weighted by atomic mass is 10.3. The van der Waals surface area contributed by atoms with E-state index in [0.717, 1.165) is 30.4 Å². The van der Waals surface area contributed by atoms with Gasteiger partial charge in [0.15, 0.2) is 0 Å². The number of thiophene rings is 1. The summed E-state index contributed by atoms with van der Waals surface area (Å²) >= 11 is 7.74. The van der Waals surface area contributed by atoms with E-state index in [0.29, 0.717) is 0 Å². The highest BCUT2D eigenvalue weighted by molar-refractivity contribution is 7.85. The van der Waals surface area contributed by atoms with Crippen molar-refractivity contribution in [3.8, 4) is 0 Å². The Balaban J connectivity index is 1.96. The largest absolute Gasteiger partial charge is 0.296 e. The van der Waals surface area contributed by atoms with Crippen LogP contribution in [0.1, 0.15) is 11.8 Å². The number of hydrogen-bond acceptors (Lipinski definition) is 3. The monoisotopic (exact) mass is 263 g/mol. The van der Waals surface area contributed by atoms with Crippen molar-refractivity contribution in [2.45, 2.75) is 18.7 Å². The molecule has 0 spiro atoms. The van der Waals surface area contributed by atoms with E-state index in [1.807, 2.05) is 11.4 Å². The Bertz CT molecular complexity index is 366. The van der Waals surface area contributed by atoms with Crippen LogP contribution in [0.25, 0.3) is 0 Å². The predicted octanol–water partition coefficient (Wildman–Crippen LogP) is 2.35. The Labute approximate surface area is 102 Å². The van der Waals surface area contributed by atoms with Gasteiger partial charge in [-0.15, -0.1) is 11.3 Å². The summed E-state index contributed by atoms with van der Waals surface area (Å²) in [4.78, 5) is 3.56. The van der Waals surface area contributed by atoms with Crippen LogP contribution in [-0.4, -0.2) is 33.2 Å². The molecule has 2 heterocycles. The van der Waals surface area contributed by atoms with E-state index in [1.54, 1.807) is 11.3 Å². The molecule has 5 heteroatoms. The molecular weight excluding hydrogens is 250 g/mol. The molecule has 0 aliphatic carbocycles. The van der Waals surface area contributed by atoms with Crippen LogP contribution in [0.3, 0.4) is 0 Å². The highest BCUT2D eigenvalue weighted by atomic mass is 35.5. The lowest BCUT2D eigenvalue weighted by molar-refractivity contribution is 0.277. The second-order valence-corrected chi connectivity index (χ2v) is 7.20. The maximum atomic E-state index is 11.5. The standard InChI is InChI=1S/C10H14ClNOS2/c1-8-6-12(3-5-15(8)13)7-10-9(11)2-4-14-10/h2,4,8H,3,5-7H2,1H3/t8-,15+/m1/s1. The van der Waals surface area contributed by atoms with E-state index in [4.69, 9.17) is 11.6 Å². The van der Waals surface area contributed by atoms with E-state index >= 15 is 0 Å². The summed E-state index contributed by atoms with van der Waals surface area (Å²) in [5.41, 5.74) is 0. The molecule has 84 valence electrons. The Morgan fingerprint density at radius 1 is 1.73 bits per heavy atom. The molecule has 15 heavy (non-hydrogen) atoms. The van der Waals surface area contributed by atoms with Crippen LogP contribution in [0.5, 0.6) is 0 Å². The van der Waals surface area contributed by atoms with Crippen molar-refractivity contribution in [3.05, 3.63) is 21.3 Å². The third-order valence-electron chi connectivity index (χ3n) is 2.63.